The zero-order chi connectivity index (χ0) is 15.2. The zero-order valence-corrected chi connectivity index (χ0v) is 13.2. The lowest BCUT2D eigenvalue weighted by molar-refractivity contribution is -0.133. The van der Waals surface area contributed by atoms with Crippen molar-refractivity contribution in [3.63, 3.8) is 0 Å². The predicted molar refractivity (Wildman–Crippen MR) is 84.6 cm³/mol. The fourth-order valence-corrected chi connectivity index (χ4v) is 2.74. The van der Waals surface area contributed by atoms with Crippen LogP contribution in [0, 0.1) is 0 Å². The van der Waals surface area contributed by atoms with Crippen molar-refractivity contribution in [2.75, 3.05) is 19.7 Å². The summed E-state index contributed by atoms with van der Waals surface area (Å²) in [7, 11) is 0. The molecule has 116 valence electrons. The second kappa shape index (κ2) is 7.66. The molecular weight excluding hydrogens is 288 g/mol. The first kappa shape index (κ1) is 16.1. The largest absolute Gasteiger partial charge is 0.483 e. The van der Waals surface area contributed by atoms with Crippen LogP contribution in [-0.4, -0.2) is 30.5 Å². The Hall–Kier alpha value is -1.26. The van der Waals surface area contributed by atoms with Crippen LogP contribution < -0.4 is 10.5 Å². The summed E-state index contributed by atoms with van der Waals surface area (Å²) in [5.41, 5.74) is 6.74. The van der Waals surface area contributed by atoms with Gasteiger partial charge in [0.05, 0.1) is 0 Å². The molecule has 0 spiro atoms. The number of nitrogens with zero attached hydrogens (tertiary/aromatic N) is 1. The Bertz CT molecular complexity index is 483. The molecule has 1 atom stereocenters. The van der Waals surface area contributed by atoms with Gasteiger partial charge in [0, 0.05) is 29.7 Å². The number of amides is 1. The number of ether oxygens (including phenoxy) is 1. The molecule has 1 aromatic rings. The second-order valence-corrected chi connectivity index (χ2v) is 5.99. The van der Waals surface area contributed by atoms with Gasteiger partial charge in [0.15, 0.2) is 6.61 Å². The maximum absolute atomic E-state index is 12.2. The molecule has 2 N–H and O–H groups in total. The standard InChI is InChI=1S/C16H23ClN2O2/c1-12(18)14-10-13(17)6-7-15(14)21-11-16(20)19-8-4-2-3-5-9-19/h6-7,10,12H,2-5,8-9,11,18H2,1H3/t12-/m0/s1. The summed E-state index contributed by atoms with van der Waals surface area (Å²) in [6.07, 6.45) is 4.57. The van der Waals surface area contributed by atoms with Gasteiger partial charge < -0.3 is 15.4 Å². The summed E-state index contributed by atoms with van der Waals surface area (Å²) in [4.78, 5) is 14.1. The first-order valence-corrected chi connectivity index (χ1v) is 7.91. The van der Waals surface area contributed by atoms with Crippen LogP contribution in [0.2, 0.25) is 5.02 Å². The first-order chi connectivity index (χ1) is 10.1. The lowest BCUT2D eigenvalue weighted by Crippen LogP contribution is -2.35. The van der Waals surface area contributed by atoms with Crippen LogP contribution >= 0.6 is 11.6 Å². The minimum atomic E-state index is -0.188. The van der Waals surface area contributed by atoms with E-state index in [-0.39, 0.29) is 18.6 Å². The van der Waals surface area contributed by atoms with Crippen LogP contribution in [-0.2, 0) is 4.79 Å². The maximum Gasteiger partial charge on any atom is 0.260 e. The molecule has 21 heavy (non-hydrogen) atoms. The average Bonchev–Trinajstić information content (AvgIpc) is 2.74. The van der Waals surface area contributed by atoms with Gasteiger partial charge in [0.1, 0.15) is 5.75 Å². The lowest BCUT2D eigenvalue weighted by Gasteiger charge is -2.21. The van der Waals surface area contributed by atoms with Crippen molar-refractivity contribution in [1.82, 2.24) is 4.90 Å². The van der Waals surface area contributed by atoms with E-state index in [9.17, 15) is 4.79 Å². The molecule has 1 aliphatic rings. The highest BCUT2D eigenvalue weighted by molar-refractivity contribution is 6.30. The molecule has 5 heteroatoms. The van der Waals surface area contributed by atoms with Crippen LogP contribution in [0.4, 0.5) is 0 Å². The third kappa shape index (κ3) is 4.61. The molecule has 1 aliphatic heterocycles. The maximum atomic E-state index is 12.2. The summed E-state index contributed by atoms with van der Waals surface area (Å²) in [6, 6.07) is 5.13. The number of carbonyl (C=O) groups is 1. The predicted octanol–water partition coefficient (Wildman–Crippen LogP) is 3.14. The molecule has 0 radical (unpaired) electrons. The Balaban J connectivity index is 1.97. The molecule has 1 heterocycles. The number of halogens is 1. The smallest absolute Gasteiger partial charge is 0.260 e. The van der Waals surface area contributed by atoms with Crippen molar-refractivity contribution in [2.24, 2.45) is 5.73 Å². The van der Waals surface area contributed by atoms with Crippen molar-refractivity contribution >= 4 is 17.5 Å². The highest BCUT2D eigenvalue weighted by Gasteiger charge is 2.17. The molecule has 2 rings (SSSR count). The molecule has 0 saturated carbocycles. The number of hydrogen-bond acceptors (Lipinski definition) is 3. The van der Waals surface area contributed by atoms with Crippen LogP contribution in [0.15, 0.2) is 18.2 Å². The lowest BCUT2D eigenvalue weighted by atomic mass is 10.1. The fraction of sp³-hybridized carbons (Fsp3) is 0.562. The van der Waals surface area contributed by atoms with Crippen LogP contribution in [0.3, 0.4) is 0 Å². The van der Waals surface area contributed by atoms with Gasteiger partial charge in [-0.1, -0.05) is 24.4 Å². The second-order valence-electron chi connectivity index (χ2n) is 5.55. The van der Waals surface area contributed by atoms with Crippen molar-refractivity contribution < 1.29 is 9.53 Å². The minimum Gasteiger partial charge on any atom is -0.483 e. The molecule has 1 aromatic carbocycles. The number of rotatable bonds is 4. The fourth-order valence-electron chi connectivity index (χ4n) is 2.56. The molecule has 0 unspecified atom stereocenters. The SMILES string of the molecule is C[C@H](N)c1cc(Cl)ccc1OCC(=O)N1CCCCCC1. The zero-order valence-electron chi connectivity index (χ0n) is 12.5. The number of carbonyl (C=O) groups excluding carboxylic acids is 1. The molecule has 1 saturated heterocycles. The molecule has 0 bridgehead atoms. The van der Waals surface area contributed by atoms with E-state index < -0.39 is 0 Å². The Morgan fingerprint density at radius 3 is 2.62 bits per heavy atom. The van der Waals surface area contributed by atoms with Gasteiger partial charge in [-0.2, -0.15) is 0 Å². The van der Waals surface area contributed by atoms with E-state index in [1.807, 2.05) is 11.8 Å². The number of benzene rings is 1. The molecule has 0 aliphatic carbocycles. The van der Waals surface area contributed by atoms with Crippen LogP contribution in [0.1, 0.15) is 44.2 Å². The van der Waals surface area contributed by atoms with Crippen molar-refractivity contribution in [3.05, 3.63) is 28.8 Å². The van der Waals surface area contributed by atoms with Gasteiger partial charge in [-0.25, -0.2) is 0 Å². The summed E-state index contributed by atoms with van der Waals surface area (Å²) in [5, 5.41) is 0.619. The van der Waals surface area contributed by atoms with Gasteiger partial charge in [0.25, 0.3) is 5.91 Å². The summed E-state index contributed by atoms with van der Waals surface area (Å²) in [5.74, 6) is 0.681. The van der Waals surface area contributed by atoms with Gasteiger partial charge in [-0.3, -0.25) is 4.79 Å². The van der Waals surface area contributed by atoms with Gasteiger partial charge in [0.2, 0.25) is 0 Å². The van der Waals surface area contributed by atoms with Crippen molar-refractivity contribution in [2.45, 2.75) is 38.6 Å². The molecule has 4 nitrogen and oxygen atoms in total. The van der Waals surface area contributed by atoms with Crippen molar-refractivity contribution in [3.8, 4) is 5.75 Å². The van der Waals surface area contributed by atoms with Crippen LogP contribution in [0.25, 0.3) is 0 Å². The van der Waals surface area contributed by atoms with E-state index in [2.05, 4.69) is 0 Å². The Morgan fingerprint density at radius 2 is 2.00 bits per heavy atom. The topological polar surface area (TPSA) is 55.6 Å². The van der Waals surface area contributed by atoms with Gasteiger partial charge in [-0.15, -0.1) is 0 Å². The quantitative estimate of drug-likeness (QED) is 0.929. The van der Waals surface area contributed by atoms with E-state index in [0.717, 1.165) is 31.5 Å². The highest BCUT2D eigenvalue weighted by atomic mass is 35.5. The van der Waals surface area contributed by atoms with E-state index in [1.54, 1.807) is 18.2 Å². The third-order valence-corrected chi connectivity index (χ3v) is 4.01. The third-order valence-electron chi connectivity index (χ3n) is 3.77. The first-order valence-electron chi connectivity index (χ1n) is 7.53. The molecule has 1 amide bonds. The number of hydrogen-bond donors (Lipinski definition) is 1. The Labute approximate surface area is 131 Å². The molecular formula is C16H23ClN2O2. The van der Waals surface area contributed by atoms with E-state index in [0.29, 0.717) is 10.8 Å². The monoisotopic (exact) mass is 310 g/mol. The Morgan fingerprint density at radius 1 is 1.33 bits per heavy atom. The number of likely N-dealkylation sites (tertiary alicyclic amines) is 1. The van der Waals surface area contributed by atoms with Gasteiger partial charge in [-0.05, 0) is 38.0 Å². The van der Waals surface area contributed by atoms with E-state index in [4.69, 9.17) is 22.1 Å². The average molecular weight is 311 g/mol. The summed E-state index contributed by atoms with van der Waals surface area (Å²) < 4.78 is 5.68. The van der Waals surface area contributed by atoms with Crippen molar-refractivity contribution in [1.29, 1.82) is 0 Å². The molecule has 1 fully saturated rings. The van der Waals surface area contributed by atoms with E-state index >= 15 is 0 Å². The highest BCUT2D eigenvalue weighted by Crippen LogP contribution is 2.27. The van der Waals surface area contributed by atoms with Crippen LogP contribution in [0.5, 0.6) is 5.75 Å². The van der Waals surface area contributed by atoms with Gasteiger partial charge >= 0.3 is 0 Å². The molecule has 0 aromatic heterocycles. The van der Waals surface area contributed by atoms with E-state index in [1.165, 1.54) is 12.8 Å². The minimum absolute atomic E-state index is 0.0440. The Kier molecular flexibility index (Phi) is 5.88. The summed E-state index contributed by atoms with van der Waals surface area (Å²) >= 11 is 5.98. The summed E-state index contributed by atoms with van der Waals surface area (Å²) in [6.45, 7) is 3.60. The normalized spacial score (nSPS) is 17.2. The number of nitrogens with two attached hydrogens (primary N) is 1.